The SMILES string of the molecule is CCC(=O)Nc1sc(/C(C#N)=C/c2ccc(Cl)cc2)nc1-c1ccccc1. The minimum atomic E-state index is -0.0948. The topological polar surface area (TPSA) is 65.8 Å². The Labute approximate surface area is 166 Å². The van der Waals surface area contributed by atoms with E-state index in [9.17, 15) is 10.1 Å². The van der Waals surface area contributed by atoms with Crippen LogP contribution in [0.2, 0.25) is 5.02 Å². The number of rotatable bonds is 5. The number of amides is 1. The number of allylic oxidation sites excluding steroid dienone is 1. The van der Waals surface area contributed by atoms with Crippen molar-refractivity contribution in [2.75, 3.05) is 5.32 Å². The molecule has 2 aromatic carbocycles. The number of benzene rings is 2. The van der Waals surface area contributed by atoms with Crippen molar-refractivity contribution in [1.29, 1.82) is 5.26 Å². The predicted octanol–water partition coefficient (Wildman–Crippen LogP) is 5.88. The molecule has 0 unspecified atom stereocenters. The van der Waals surface area contributed by atoms with Gasteiger partial charge in [-0.1, -0.05) is 72.3 Å². The quantitative estimate of drug-likeness (QED) is 0.550. The largest absolute Gasteiger partial charge is 0.316 e. The fraction of sp³-hybridized carbons (Fsp3) is 0.0952. The summed E-state index contributed by atoms with van der Waals surface area (Å²) in [4.78, 5) is 16.6. The van der Waals surface area contributed by atoms with E-state index in [0.29, 0.717) is 32.7 Å². The van der Waals surface area contributed by atoms with E-state index in [1.165, 1.54) is 11.3 Å². The Kier molecular flexibility index (Phi) is 6.02. The molecule has 0 aliphatic rings. The number of halogens is 1. The summed E-state index contributed by atoms with van der Waals surface area (Å²) < 4.78 is 0. The van der Waals surface area contributed by atoms with E-state index in [2.05, 4.69) is 16.4 Å². The van der Waals surface area contributed by atoms with Gasteiger partial charge >= 0.3 is 0 Å². The zero-order chi connectivity index (χ0) is 19.2. The molecule has 0 aliphatic heterocycles. The van der Waals surface area contributed by atoms with Crippen molar-refractivity contribution in [1.82, 2.24) is 4.98 Å². The van der Waals surface area contributed by atoms with Gasteiger partial charge in [0.25, 0.3) is 0 Å². The first-order chi connectivity index (χ1) is 13.1. The van der Waals surface area contributed by atoms with Gasteiger partial charge in [-0.3, -0.25) is 4.79 Å². The minimum Gasteiger partial charge on any atom is -0.316 e. The van der Waals surface area contributed by atoms with Crippen LogP contribution >= 0.6 is 22.9 Å². The Hall–Kier alpha value is -2.94. The van der Waals surface area contributed by atoms with Gasteiger partial charge in [0.05, 0.1) is 5.57 Å². The Morgan fingerprint density at radius 3 is 2.56 bits per heavy atom. The fourth-order valence-corrected chi connectivity index (χ4v) is 3.49. The summed E-state index contributed by atoms with van der Waals surface area (Å²) in [6.45, 7) is 1.79. The number of carbonyl (C=O) groups excluding carboxylic acids is 1. The summed E-state index contributed by atoms with van der Waals surface area (Å²) in [5.41, 5.74) is 2.83. The second-order valence-electron chi connectivity index (χ2n) is 5.69. The lowest BCUT2D eigenvalue weighted by Gasteiger charge is -2.03. The fourth-order valence-electron chi connectivity index (χ4n) is 2.39. The number of carbonyl (C=O) groups is 1. The van der Waals surface area contributed by atoms with Crippen molar-refractivity contribution in [3.05, 3.63) is 70.2 Å². The number of aromatic nitrogens is 1. The zero-order valence-corrected chi connectivity index (χ0v) is 16.1. The Balaban J connectivity index is 2.05. The third-order valence-corrected chi connectivity index (χ3v) is 5.04. The zero-order valence-electron chi connectivity index (χ0n) is 14.6. The predicted molar refractivity (Wildman–Crippen MR) is 111 cm³/mol. The average Bonchev–Trinajstić information content (AvgIpc) is 3.11. The van der Waals surface area contributed by atoms with E-state index in [1.54, 1.807) is 25.1 Å². The van der Waals surface area contributed by atoms with Gasteiger partial charge in [-0.05, 0) is 23.8 Å². The second-order valence-corrected chi connectivity index (χ2v) is 7.12. The summed E-state index contributed by atoms with van der Waals surface area (Å²) in [7, 11) is 0. The molecule has 0 bridgehead atoms. The molecule has 6 heteroatoms. The molecule has 0 radical (unpaired) electrons. The average molecular weight is 394 g/mol. The molecular formula is C21H16ClN3OS. The summed E-state index contributed by atoms with van der Waals surface area (Å²) in [6, 6.07) is 19.0. The van der Waals surface area contributed by atoms with Crippen molar-refractivity contribution in [2.24, 2.45) is 0 Å². The van der Waals surface area contributed by atoms with Crippen LogP contribution in [0, 0.1) is 11.3 Å². The van der Waals surface area contributed by atoms with Crippen molar-refractivity contribution in [3.8, 4) is 17.3 Å². The van der Waals surface area contributed by atoms with E-state index in [4.69, 9.17) is 11.6 Å². The minimum absolute atomic E-state index is 0.0948. The lowest BCUT2D eigenvalue weighted by Crippen LogP contribution is -2.08. The summed E-state index contributed by atoms with van der Waals surface area (Å²) in [5.74, 6) is -0.0948. The monoisotopic (exact) mass is 393 g/mol. The lowest BCUT2D eigenvalue weighted by molar-refractivity contribution is -0.115. The van der Waals surface area contributed by atoms with Crippen LogP contribution < -0.4 is 5.32 Å². The van der Waals surface area contributed by atoms with Gasteiger partial charge in [0.1, 0.15) is 21.8 Å². The van der Waals surface area contributed by atoms with Crippen molar-refractivity contribution in [3.63, 3.8) is 0 Å². The molecule has 1 aromatic heterocycles. The lowest BCUT2D eigenvalue weighted by atomic mass is 10.1. The molecule has 1 N–H and O–H groups in total. The summed E-state index contributed by atoms with van der Waals surface area (Å²) in [5, 5.41) is 14.3. The first-order valence-corrected chi connectivity index (χ1v) is 9.54. The van der Waals surface area contributed by atoms with Crippen LogP contribution in [0.4, 0.5) is 5.00 Å². The van der Waals surface area contributed by atoms with E-state index in [0.717, 1.165) is 11.1 Å². The smallest absolute Gasteiger partial charge is 0.224 e. The highest BCUT2D eigenvalue weighted by Gasteiger charge is 2.17. The van der Waals surface area contributed by atoms with Gasteiger partial charge < -0.3 is 5.32 Å². The molecule has 134 valence electrons. The molecule has 0 saturated heterocycles. The highest BCUT2D eigenvalue weighted by Crippen LogP contribution is 2.36. The molecule has 0 fully saturated rings. The van der Waals surface area contributed by atoms with Crippen LogP contribution in [-0.2, 0) is 4.79 Å². The van der Waals surface area contributed by atoms with Gasteiger partial charge in [-0.25, -0.2) is 4.98 Å². The number of anilines is 1. The van der Waals surface area contributed by atoms with Crippen molar-refractivity contribution in [2.45, 2.75) is 13.3 Å². The Morgan fingerprint density at radius 2 is 1.93 bits per heavy atom. The van der Waals surface area contributed by atoms with Gasteiger partial charge in [0.2, 0.25) is 5.91 Å². The number of nitrogens with one attached hydrogen (secondary N) is 1. The van der Waals surface area contributed by atoms with Crippen LogP contribution in [0.5, 0.6) is 0 Å². The number of nitriles is 1. The molecule has 0 atom stereocenters. The normalized spacial score (nSPS) is 11.1. The van der Waals surface area contributed by atoms with Gasteiger partial charge in [0.15, 0.2) is 0 Å². The highest BCUT2D eigenvalue weighted by atomic mass is 35.5. The molecule has 0 spiro atoms. The van der Waals surface area contributed by atoms with E-state index < -0.39 is 0 Å². The van der Waals surface area contributed by atoms with Gasteiger partial charge in [0, 0.05) is 17.0 Å². The number of hydrogen-bond acceptors (Lipinski definition) is 4. The molecule has 0 aliphatic carbocycles. The van der Waals surface area contributed by atoms with E-state index >= 15 is 0 Å². The molecule has 1 amide bonds. The summed E-state index contributed by atoms with van der Waals surface area (Å²) >= 11 is 7.21. The number of hydrogen-bond donors (Lipinski definition) is 1. The molecule has 1 heterocycles. The first-order valence-electron chi connectivity index (χ1n) is 8.34. The Bertz CT molecular complexity index is 1020. The van der Waals surface area contributed by atoms with E-state index in [-0.39, 0.29) is 5.91 Å². The summed E-state index contributed by atoms with van der Waals surface area (Å²) in [6.07, 6.45) is 2.13. The third kappa shape index (κ3) is 4.62. The van der Waals surface area contributed by atoms with Gasteiger partial charge in [-0.2, -0.15) is 5.26 Å². The number of nitrogens with zero attached hydrogens (tertiary/aromatic N) is 2. The molecule has 27 heavy (non-hydrogen) atoms. The van der Waals surface area contributed by atoms with E-state index in [1.807, 2.05) is 42.5 Å². The Morgan fingerprint density at radius 1 is 1.22 bits per heavy atom. The maximum atomic E-state index is 11.9. The maximum Gasteiger partial charge on any atom is 0.224 e. The molecule has 0 saturated carbocycles. The van der Waals surface area contributed by atoms with Crippen molar-refractivity contribution >= 4 is 45.5 Å². The van der Waals surface area contributed by atoms with Gasteiger partial charge in [-0.15, -0.1) is 0 Å². The van der Waals surface area contributed by atoms with Crippen LogP contribution in [0.15, 0.2) is 54.6 Å². The van der Waals surface area contributed by atoms with Crippen LogP contribution in [0.25, 0.3) is 22.9 Å². The number of thiazole rings is 1. The van der Waals surface area contributed by atoms with Crippen LogP contribution in [0.3, 0.4) is 0 Å². The third-order valence-electron chi connectivity index (χ3n) is 3.78. The molecule has 3 aromatic rings. The molecular weight excluding hydrogens is 378 g/mol. The van der Waals surface area contributed by atoms with Crippen LogP contribution in [0.1, 0.15) is 23.9 Å². The standard InChI is InChI=1S/C21H16ClN3OS/c1-2-18(26)24-21-19(15-6-4-3-5-7-15)25-20(27-21)16(13-23)12-14-8-10-17(22)11-9-14/h3-12H,2H2,1H3,(H,24,26)/b16-12+. The molecule has 3 rings (SSSR count). The second kappa shape index (κ2) is 8.63. The van der Waals surface area contributed by atoms with Crippen LogP contribution in [-0.4, -0.2) is 10.9 Å². The first kappa shape index (κ1) is 18.8. The van der Waals surface area contributed by atoms with Crippen molar-refractivity contribution < 1.29 is 4.79 Å². The maximum absolute atomic E-state index is 11.9. The molecule has 4 nitrogen and oxygen atoms in total. The highest BCUT2D eigenvalue weighted by molar-refractivity contribution is 7.17.